The van der Waals surface area contributed by atoms with Crippen LogP contribution in [0, 0.1) is 0 Å². The summed E-state index contributed by atoms with van der Waals surface area (Å²) in [6.45, 7) is 5.72. The molecule has 20 heavy (non-hydrogen) atoms. The molecule has 3 rings (SSSR count). The number of nitrogen functional groups attached to an aromatic ring is 1. The van der Waals surface area contributed by atoms with Gasteiger partial charge in [0.1, 0.15) is 0 Å². The summed E-state index contributed by atoms with van der Waals surface area (Å²) in [5, 5.41) is 1.77. The van der Waals surface area contributed by atoms with Crippen LogP contribution in [-0.4, -0.2) is 44.4 Å². The van der Waals surface area contributed by atoms with Gasteiger partial charge in [0, 0.05) is 37.6 Å². The monoisotopic (exact) mass is 278 g/mol. The number of nitrogens with two attached hydrogens (primary N) is 2. The van der Waals surface area contributed by atoms with Crippen molar-refractivity contribution in [2.24, 2.45) is 5.84 Å². The minimum absolute atomic E-state index is 0.788. The molecule has 0 bridgehead atoms. The van der Waals surface area contributed by atoms with Crippen LogP contribution in [0.25, 0.3) is 0 Å². The summed E-state index contributed by atoms with van der Waals surface area (Å²) in [5.41, 5.74) is 7.80. The van der Waals surface area contributed by atoms with Gasteiger partial charge in [-0.3, -0.25) is 5.84 Å². The van der Waals surface area contributed by atoms with Crippen molar-refractivity contribution in [3.05, 3.63) is 24.3 Å². The van der Waals surface area contributed by atoms with Gasteiger partial charge >= 0.3 is 0 Å². The summed E-state index contributed by atoms with van der Waals surface area (Å²) < 4.78 is 5.02. The molecule has 0 amide bonds. The minimum Gasteiger partial charge on any atom is -0.399 e. The highest BCUT2D eigenvalue weighted by Crippen LogP contribution is 2.20. The molecule has 2 heterocycles. The molecule has 0 saturated carbocycles. The van der Waals surface area contributed by atoms with Crippen LogP contribution in [0.15, 0.2) is 24.3 Å². The fraction of sp³-hybridized carbons (Fsp3) is 0.600. The quantitative estimate of drug-likeness (QED) is 0.601. The molecule has 2 aliphatic heterocycles. The second-order valence-corrected chi connectivity index (χ2v) is 5.29. The summed E-state index contributed by atoms with van der Waals surface area (Å²) in [6.07, 6.45) is 4.03. The number of anilines is 2. The van der Waals surface area contributed by atoms with E-state index in [0.717, 1.165) is 32.0 Å². The van der Waals surface area contributed by atoms with E-state index in [2.05, 4.69) is 17.0 Å². The van der Waals surface area contributed by atoms with Crippen molar-refractivity contribution >= 4 is 11.4 Å². The van der Waals surface area contributed by atoms with Gasteiger partial charge in [0.15, 0.2) is 0 Å². The Morgan fingerprint density at radius 1 is 0.850 bits per heavy atom. The van der Waals surface area contributed by atoms with Crippen LogP contribution in [0.4, 0.5) is 11.4 Å². The van der Waals surface area contributed by atoms with Gasteiger partial charge in [-0.2, -0.15) is 0 Å². The number of rotatable bonds is 1. The molecule has 0 spiro atoms. The Balaban J connectivity index is 0.000000178. The van der Waals surface area contributed by atoms with E-state index in [-0.39, 0.29) is 0 Å². The summed E-state index contributed by atoms with van der Waals surface area (Å²) in [4.78, 5) is 2.43. The van der Waals surface area contributed by atoms with Gasteiger partial charge in [-0.1, -0.05) is 0 Å². The predicted octanol–water partition coefficient (Wildman–Crippen LogP) is 1.45. The number of piperidine rings is 1. The van der Waals surface area contributed by atoms with Crippen LogP contribution in [0.1, 0.15) is 19.3 Å². The molecule has 1 aromatic carbocycles. The summed E-state index contributed by atoms with van der Waals surface area (Å²) >= 11 is 0. The second kappa shape index (κ2) is 8.09. The van der Waals surface area contributed by atoms with Crippen LogP contribution in [0.5, 0.6) is 0 Å². The molecular formula is C15H26N4O. The van der Waals surface area contributed by atoms with Gasteiger partial charge in [0.05, 0.1) is 13.2 Å². The van der Waals surface area contributed by atoms with Crippen molar-refractivity contribution in [2.45, 2.75) is 19.3 Å². The molecule has 0 unspecified atom stereocenters. The first-order valence-electron chi connectivity index (χ1n) is 7.43. The molecular weight excluding hydrogens is 252 g/mol. The highest BCUT2D eigenvalue weighted by Gasteiger charge is 2.09. The van der Waals surface area contributed by atoms with Crippen LogP contribution in [0.2, 0.25) is 0 Å². The molecule has 4 N–H and O–H groups in total. The summed E-state index contributed by atoms with van der Waals surface area (Å²) in [5.74, 6) is 5.39. The molecule has 0 radical (unpaired) electrons. The Hall–Kier alpha value is -1.30. The number of hydrogen-bond acceptors (Lipinski definition) is 5. The second-order valence-electron chi connectivity index (χ2n) is 5.29. The zero-order valence-corrected chi connectivity index (χ0v) is 12.1. The van der Waals surface area contributed by atoms with Crippen molar-refractivity contribution in [1.29, 1.82) is 0 Å². The Kier molecular flexibility index (Phi) is 6.11. The number of hydrogen-bond donors (Lipinski definition) is 2. The highest BCUT2D eigenvalue weighted by molar-refractivity contribution is 5.53. The molecule has 2 saturated heterocycles. The van der Waals surface area contributed by atoms with Gasteiger partial charge in [0.25, 0.3) is 0 Å². The maximum Gasteiger partial charge on any atom is 0.0608 e. The van der Waals surface area contributed by atoms with Crippen molar-refractivity contribution in [2.75, 3.05) is 50.0 Å². The fourth-order valence-corrected chi connectivity index (χ4v) is 2.41. The largest absolute Gasteiger partial charge is 0.399 e. The lowest BCUT2D eigenvalue weighted by atomic mass is 10.1. The third kappa shape index (κ3) is 5.00. The van der Waals surface area contributed by atoms with E-state index in [1.807, 2.05) is 12.1 Å². The third-order valence-electron chi connectivity index (χ3n) is 3.66. The van der Waals surface area contributed by atoms with Crippen LogP contribution in [-0.2, 0) is 4.74 Å². The van der Waals surface area contributed by atoms with Crippen molar-refractivity contribution in [1.82, 2.24) is 5.01 Å². The molecule has 5 heteroatoms. The first-order chi connectivity index (χ1) is 9.75. The molecule has 0 aliphatic carbocycles. The van der Waals surface area contributed by atoms with E-state index in [0.29, 0.717) is 0 Å². The van der Waals surface area contributed by atoms with Crippen LogP contribution >= 0.6 is 0 Å². The van der Waals surface area contributed by atoms with Crippen LogP contribution in [0.3, 0.4) is 0 Å². The van der Waals surface area contributed by atoms with E-state index < -0.39 is 0 Å². The van der Waals surface area contributed by atoms with Gasteiger partial charge in [0.2, 0.25) is 0 Å². The lowest BCUT2D eigenvalue weighted by Gasteiger charge is -2.28. The number of nitrogens with zero attached hydrogens (tertiary/aromatic N) is 2. The maximum atomic E-state index is 5.64. The highest BCUT2D eigenvalue weighted by atomic mass is 16.5. The number of benzene rings is 1. The Morgan fingerprint density at radius 2 is 1.45 bits per heavy atom. The molecule has 2 aliphatic rings. The smallest absolute Gasteiger partial charge is 0.0608 e. The zero-order valence-electron chi connectivity index (χ0n) is 12.1. The first kappa shape index (κ1) is 15.1. The Bertz CT molecular complexity index is 370. The standard InChI is InChI=1S/C11H16N2.C4H10N2O/c12-10-4-6-11(7-5-10)13-8-2-1-3-9-13;5-6-1-3-7-4-2-6/h4-7H,1-3,8-9,12H2;1-5H2. The average Bonchev–Trinajstić information content (AvgIpc) is 2.50. The maximum absolute atomic E-state index is 5.64. The van der Waals surface area contributed by atoms with Gasteiger partial charge in [-0.05, 0) is 43.5 Å². The van der Waals surface area contributed by atoms with Gasteiger partial charge in [-0.15, -0.1) is 0 Å². The minimum atomic E-state index is 0.788. The van der Waals surface area contributed by atoms with Gasteiger partial charge < -0.3 is 15.4 Å². The van der Waals surface area contributed by atoms with Gasteiger partial charge in [-0.25, -0.2) is 5.01 Å². The lowest BCUT2D eigenvalue weighted by molar-refractivity contribution is 0.0378. The molecule has 2 fully saturated rings. The Labute approximate surface area is 121 Å². The average molecular weight is 278 g/mol. The van der Waals surface area contributed by atoms with E-state index >= 15 is 0 Å². The van der Waals surface area contributed by atoms with Crippen molar-refractivity contribution < 1.29 is 4.74 Å². The topological polar surface area (TPSA) is 67.7 Å². The van der Waals surface area contributed by atoms with Crippen molar-refractivity contribution in [3.8, 4) is 0 Å². The predicted molar refractivity (Wildman–Crippen MR) is 83.5 cm³/mol. The number of ether oxygens (including phenoxy) is 1. The normalized spacial score (nSPS) is 20.1. The van der Waals surface area contributed by atoms with Crippen LogP contribution < -0.4 is 16.5 Å². The van der Waals surface area contributed by atoms with E-state index in [1.54, 1.807) is 5.01 Å². The summed E-state index contributed by atoms with van der Waals surface area (Å²) in [7, 11) is 0. The van der Waals surface area contributed by atoms with E-state index in [4.69, 9.17) is 16.3 Å². The first-order valence-corrected chi connectivity index (χ1v) is 7.43. The lowest BCUT2D eigenvalue weighted by Crippen LogP contribution is -2.41. The molecule has 1 aromatic rings. The SMILES string of the molecule is NN1CCOCC1.Nc1ccc(N2CCCCC2)cc1. The fourth-order valence-electron chi connectivity index (χ4n) is 2.41. The van der Waals surface area contributed by atoms with E-state index in [9.17, 15) is 0 Å². The third-order valence-corrected chi connectivity index (χ3v) is 3.66. The zero-order chi connectivity index (χ0) is 14.2. The molecule has 0 aromatic heterocycles. The molecule has 112 valence electrons. The molecule has 0 atom stereocenters. The number of hydrazine groups is 1. The Morgan fingerprint density at radius 3 is 1.95 bits per heavy atom. The van der Waals surface area contributed by atoms with Crippen molar-refractivity contribution in [3.63, 3.8) is 0 Å². The summed E-state index contributed by atoms with van der Waals surface area (Å²) in [6, 6.07) is 8.18. The number of morpholine rings is 1. The molecule has 5 nitrogen and oxygen atoms in total. The van der Waals surface area contributed by atoms with E-state index in [1.165, 1.54) is 38.0 Å².